The molecule has 6 nitrogen and oxygen atoms in total. The van der Waals surface area contributed by atoms with Gasteiger partial charge in [0, 0.05) is 24.4 Å². The minimum atomic E-state index is -0.510. The van der Waals surface area contributed by atoms with Crippen molar-refractivity contribution in [3.05, 3.63) is 76.7 Å². The Morgan fingerprint density at radius 1 is 1.07 bits per heavy atom. The molecule has 4 aromatic rings. The van der Waals surface area contributed by atoms with Gasteiger partial charge in [0.15, 0.2) is 0 Å². The van der Waals surface area contributed by atoms with E-state index in [0.717, 1.165) is 29.1 Å². The number of para-hydroxylation sites is 1. The SMILES string of the molecule is C[C@H](C(=O)NCCCc1ccccc1)n1c2ccccc2c2cnn(C)c(=O)c21. The van der Waals surface area contributed by atoms with Crippen LogP contribution in [0.1, 0.15) is 24.9 Å². The zero-order valence-corrected chi connectivity index (χ0v) is 16.6. The molecule has 0 aliphatic heterocycles. The van der Waals surface area contributed by atoms with Crippen molar-refractivity contribution in [2.45, 2.75) is 25.8 Å². The largest absolute Gasteiger partial charge is 0.354 e. The number of aryl methyl sites for hydroxylation is 2. The van der Waals surface area contributed by atoms with Crippen molar-refractivity contribution < 1.29 is 4.79 Å². The Kier molecular flexibility index (Phi) is 5.16. The third-order valence-corrected chi connectivity index (χ3v) is 5.36. The molecule has 0 aliphatic carbocycles. The Bertz CT molecular complexity index is 1220. The lowest BCUT2D eigenvalue weighted by Crippen LogP contribution is -2.33. The van der Waals surface area contributed by atoms with Gasteiger partial charge in [0.25, 0.3) is 5.56 Å². The van der Waals surface area contributed by atoms with E-state index in [2.05, 4.69) is 22.5 Å². The molecule has 1 N–H and O–H groups in total. The number of rotatable bonds is 6. The lowest BCUT2D eigenvalue weighted by atomic mass is 10.1. The molecular formula is C23H24N4O2. The van der Waals surface area contributed by atoms with Gasteiger partial charge in [0.1, 0.15) is 11.6 Å². The van der Waals surface area contributed by atoms with Gasteiger partial charge < -0.3 is 9.88 Å². The molecule has 148 valence electrons. The third-order valence-electron chi connectivity index (χ3n) is 5.36. The third kappa shape index (κ3) is 3.53. The number of hydrogen-bond donors (Lipinski definition) is 1. The van der Waals surface area contributed by atoms with Crippen LogP contribution >= 0.6 is 0 Å². The first-order chi connectivity index (χ1) is 14.1. The summed E-state index contributed by atoms with van der Waals surface area (Å²) in [5, 5.41) is 8.87. The molecule has 2 aromatic carbocycles. The van der Waals surface area contributed by atoms with Crippen LogP contribution in [-0.2, 0) is 18.3 Å². The van der Waals surface area contributed by atoms with Gasteiger partial charge in [-0.2, -0.15) is 5.10 Å². The van der Waals surface area contributed by atoms with E-state index in [4.69, 9.17) is 0 Å². The number of fused-ring (bicyclic) bond motifs is 3. The van der Waals surface area contributed by atoms with Crippen LogP contribution < -0.4 is 10.9 Å². The fraction of sp³-hybridized carbons (Fsp3) is 0.261. The lowest BCUT2D eigenvalue weighted by molar-refractivity contribution is -0.123. The predicted octanol–water partition coefficient (Wildman–Crippen LogP) is 3.20. The van der Waals surface area contributed by atoms with Crippen molar-refractivity contribution in [3.8, 4) is 0 Å². The van der Waals surface area contributed by atoms with Crippen molar-refractivity contribution in [1.29, 1.82) is 0 Å². The average molecular weight is 388 g/mol. The van der Waals surface area contributed by atoms with Crippen LogP contribution in [0, 0.1) is 0 Å². The number of aromatic nitrogens is 3. The first-order valence-corrected chi connectivity index (χ1v) is 9.84. The summed E-state index contributed by atoms with van der Waals surface area (Å²) in [6, 6.07) is 17.5. The second-order valence-corrected chi connectivity index (χ2v) is 7.28. The van der Waals surface area contributed by atoms with Crippen LogP contribution in [0.3, 0.4) is 0 Å². The highest BCUT2D eigenvalue weighted by atomic mass is 16.2. The molecule has 0 spiro atoms. The van der Waals surface area contributed by atoms with Crippen LogP contribution in [0.2, 0.25) is 0 Å². The molecule has 0 bridgehead atoms. The Labute approximate surface area is 168 Å². The molecular weight excluding hydrogens is 364 g/mol. The maximum Gasteiger partial charge on any atom is 0.291 e. The van der Waals surface area contributed by atoms with Crippen LogP contribution in [0.4, 0.5) is 0 Å². The molecule has 0 saturated heterocycles. The van der Waals surface area contributed by atoms with Gasteiger partial charge >= 0.3 is 0 Å². The number of amides is 1. The molecule has 2 heterocycles. The zero-order valence-electron chi connectivity index (χ0n) is 16.6. The number of carbonyl (C=O) groups excluding carboxylic acids is 1. The maximum atomic E-state index is 12.9. The first kappa shape index (κ1) is 18.9. The normalized spacial score (nSPS) is 12.3. The van der Waals surface area contributed by atoms with E-state index in [-0.39, 0.29) is 11.5 Å². The summed E-state index contributed by atoms with van der Waals surface area (Å²) in [4.78, 5) is 25.7. The minimum absolute atomic E-state index is 0.0976. The smallest absolute Gasteiger partial charge is 0.291 e. The molecule has 0 aliphatic rings. The Morgan fingerprint density at radius 2 is 1.79 bits per heavy atom. The fourth-order valence-corrected chi connectivity index (χ4v) is 3.80. The summed E-state index contributed by atoms with van der Waals surface area (Å²) in [5.74, 6) is -0.0976. The first-order valence-electron chi connectivity index (χ1n) is 9.84. The van der Waals surface area contributed by atoms with Gasteiger partial charge in [-0.25, -0.2) is 4.68 Å². The molecule has 6 heteroatoms. The zero-order chi connectivity index (χ0) is 20.4. The summed E-state index contributed by atoms with van der Waals surface area (Å²) >= 11 is 0. The van der Waals surface area contributed by atoms with Gasteiger partial charge in [0.2, 0.25) is 5.91 Å². The van der Waals surface area contributed by atoms with Crippen molar-refractivity contribution in [1.82, 2.24) is 19.7 Å². The topological polar surface area (TPSA) is 68.9 Å². The second kappa shape index (κ2) is 7.91. The molecule has 29 heavy (non-hydrogen) atoms. The van der Waals surface area contributed by atoms with Crippen molar-refractivity contribution in [3.63, 3.8) is 0 Å². The second-order valence-electron chi connectivity index (χ2n) is 7.28. The quantitative estimate of drug-likeness (QED) is 0.516. The highest BCUT2D eigenvalue weighted by Gasteiger charge is 2.22. The number of carbonyl (C=O) groups is 1. The van der Waals surface area contributed by atoms with Gasteiger partial charge in [-0.1, -0.05) is 48.5 Å². The van der Waals surface area contributed by atoms with Crippen molar-refractivity contribution in [2.75, 3.05) is 6.54 Å². The van der Waals surface area contributed by atoms with E-state index >= 15 is 0 Å². The Morgan fingerprint density at radius 3 is 2.59 bits per heavy atom. The van der Waals surface area contributed by atoms with E-state index in [1.807, 2.05) is 54.0 Å². The monoisotopic (exact) mass is 388 g/mol. The molecule has 1 atom stereocenters. The predicted molar refractivity (Wildman–Crippen MR) is 115 cm³/mol. The molecule has 0 fully saturated rings. The van der Waals surface area contributed by atoms with E-state index in [1.165, 1.54) is 10.2 Å². The van der Waals surface area contributed by atoms with Crippen LogP contribution in [0.5, 0.6) is 0 Å². The van der Waals surface area contributed by atoms with Crippen LogP contribution in [0.25, 0.3) is 21.8 Å². The fourth-order valence-electron chi connectivity index (χ4n) is 3.80. The average Bonchev–Trinajstić information content (AvgIpc) is 3.09. The van der Waals surface area contributed by atoms with Crippen LogP contribution in [0.15, 0.2) is 65.6 Å². The molecule has 0 saturated carbocycles. The summed E-state index contributed by atoms with van der Waals surface area (Å²) in [7, 11) is 1.62. The summed E-state index contributed by atoms with van der Waals surface area (Å²) in [6.07, 6.45) is 3.47. The highest BCUT2D eigenvalue weighted by molar-refractivity contribution is 6.08. The molecule has 2 aromatic heterocycles. The van der Waals surface area contributed by atoms with E-state index in [1.54, 1.807) is 13.2 Å². The number of benzene rings is 2. The van der Waals surface area contributed by atoms with Gasteiger partial charge in [-0.15, -0.1) is 0 Å². The molecule has 4 rings (SSSR count). The van der Waals surface area contributed by atoms with Crippen LogP contribution in [-0.4, -0.2) is 26.8 Å². The summed E-state index contributed by atoms with van der Waals surface area (Å²) in [6.45, 7) is 2.42. The molecule has 1 amide bonds. The standard InChI is InChI=1S/C23H24N4O2/c1-16(22(28)24-14-8-11-17-9-4-3-5-10-17)27-20-13-7-6-12-18(20)19-15-25-26(2)23(29)21(19)27/h3-7,9-10,12-13,15-16H,8,11,14H2,1-2H3,(H,24,28)/t16-/m1/s1. The van der Waals surface area contributed by atoms with Gasteiger partial charge in [-0.05, 0) is 31.4 Å². The minimum Gasteiger partial charge on any atom is -0.354 e. The van der Waals surface area contributed by atoms with Crippen molar-refractivity contribution >= 4 is 27.7 Å². The lowest BCUT2D eigenvalue weighted by Gasteiger charge is -2.16. The van der Waals surface area contributed by atoms with E-state index in [0.29, 0.717) is 12.1 Å². The summed E-state index contributed by atoms with van der Waals surface area (Å²) in [5.41, 5.74) is 2.42. The van der Waals surface area contributed by atoms with E-state index < -0.39 is 6.04 Å². The van der Waals surface area contributed by atoms with E-state index in [9.17, 15) is 9.59 Å². The molecule has 0 radical (unpaired) electrons. The highest BCUT2D eigenvalue weighted by Crippen LogP contribution is 2.29. The Hall–Kier alpha value is -3.41. The number of nitrogens with one attached hydrogen (secondary N) is 1. The number of hydrogen-bond acceptors (Lipinski definition) is 3. The van der Waals surface area contributed by atoms with Gasteiger partial charge in [-0.3, -0.25) is 9.59 Å². The van der Waals surface area contributed by atoms with Gasteiger partial charge in [0.05, 0.1) is 11.7 Å². The van der Waals surface area contributed by atoms with Crippen molar-refractivity contribution in [2.24, 2.45) is 7.05 Å². The maximum absolute atomic E-state index is 12.9. The Balaban J connectivity index is 1.59. The number of nitrogens with zero attached hydrogens (tertiary/aromatic N) is 3. The summed E-state index contributed by atoms with van der Waals surface area (Å²) < 4.78 is 3.14. The molecule has 0 unspecified atom stereocenters.